The summed E-state index contributed by atoms with van der Waals surface area (Å²) >= 11 is 0. The molecule has 1 aromatic carbocycles. The number of rotatable bonds is 4. The van der Waals surface area contributed by atoms with Gasteiger partial charge in [-0.15, -0.1) is 5.10 Å². The van der Waals surface area contributed by atoms with Gasteiger partial charge in [-0.1, -0.05) is 32.9 Å². The van der Waals surface area contributed by atoms with Gasteiger partial charge in [0.1, 0.15) is 6.33 Å². The van der Waals surface area contributed by atoms with Crippen molar-refractivity contribution in [3.8, 4) is 5.69 Å². The standard InChI is InChI=1S/C15H23N5/c1-11(17-12(2)15(3,4)5)13-7-6-8-14(9-13)20-10-16-18-19-20/h6-12,17H,1-5H3. The zero-order valence-electron chi connectivity index (χ0n) is 12.8. The maximum Gasteiger partial charge on any atom is 0.143 e. The van der Waals surface area contributed by atoms with Gasteiger partial charge in [0.25, 0.3) is 0 Å². The Kier molecular flexibility index (Phi) is 4.18. The summed E-state index contributed by atoms with van der Waals surface area (Å²) in [5.74, 6) is 0. The Morgan fingerprint density at radius 2 is 1.95 bits per heavy atom. The van der Waals surface area contributed by atoms with Crippen molar-refractivity contribution in [1.82, 2.24) is 25.5 Å². The second-order valence-corrected chi connectivity index (χ2v) is 6.33. The number of hydrogen-bond donors (Lipinski definition) is 1. The molecule has 1 aromatic heterocycles. The molecule has 0 radical (unpaired) electrons. The Morgan fingerprint density at radius 1 is 1.20 bits per heavy atom. The van der Waals surface area contributed by atoms with Gasteiger partial charge in [-0.05, 0) is 47.4 Å². The predicted molar refractivity (Wildman–Crippen MR) is 79.6 cm³/mol. The Hall–Kier alpha value is -1.75. The zero-order valence-corrected chi connectivity index (χ0v) is 12.8. The lowest BCUT2D eigenvalue weighted by Crippen LogP contribution is -2.39. The summed E-state index contributed by atoms with van der Waals surface area (Å²) in [6.45, 7) is 11.1. The van der Waals surface area contributed by atoms with Crippen molar-refractivity contribution in [3.63, 3.8) is 0 Å². The minimum Gasteiger partial charge on any atom is -0.307 e. The van der Waals surface area contributed by atoms with E-state index in [9.17, 15) is 0 Å². The molecule has 0 aliphatic carbocycles. The lowest BCUT2D eigenvalue weighted by atomic mass is 9.87. The minimum atomic E-state index is 0.238. The van der Waals surface area contributed by atoms with Crippen molar-refractivity contribution in [1.29, 1.82) is 0 Å². The van der Waals surface area contributed by atoms with Crippen LogP contribution in [-0.4, -0.2) is 26.2 Å². The van der Waals surface area contributed by atoms with Gasteiger partial charge >= 0.3 is 0 Å². The molecule has 1 heterocycles. The Balaban J connectivity index is 2.15. The van der Waals surface area contributed by atoms with Crippen molar-refractivity contribution in [2.45, 2.75) is 46.7 Å². The van der Waals surface area contributed by atoms with Gasteiger partial charge in [-0.3, -0.25) is 0 Å². The molecule has 0 aliphatic rings. The highest BCUT2D eigenvalue weighted by atomic mass is 15.5. The van der Waals surface area contributed by atoms with Crippen molar-refractivity contribution < 1.29 is 0 Å². The van der Waals surface area contributed by atoms with Crippen LogP contribution in [0.5, 0.6) is 0 Å². The summed E-state index contributed by atoms with van der Waals surface area (Å²) < 4.78 is 1.67. The van der Waals surface area contributed by atoms with Gasteiger partial charge in [-0.25, -0.2) is 4.68 Å². The van der Waals surface area contributed by atoms with E-state index in [2.05, 4.69) is 67.6 Å². The fourth-order valence-corrected chi connectivity index (χ4v) is 1.94. The third-order valence-electron chi connectivity index (χ3n) is 3.78. The molecule has 2 rings (SSSR count). The van der Waals surface area contributed by atoms with E-state index in [1.165, 1.54) is 5.56 Å². The Bertz CT molecular complexity index is 542. The van der Waals surface area contributed by atoms with Crippen LogP contribution in [0.25, 0.3) is 5.69 Å². The van der Waals surface area contributed by atoms with Gasteiger partial charge in [0, 0.05) is 12.1 Å². The van der Waals surface area contributed by atoms with E-state index < -0.39 is 0 Å². The monoisotopic (exact) mass is 273 g/mol. The SMILES string of the molecule is CC(NC(C)C(C)(C)C)c1cccc(-n2cnnn2)c1. The summed E-state index contributed by atoms with van der Waals surface area (Å²) in [6, 6.07) is 8.98. The molecule has 0 bridgehead atoms. The molecule has 0 fully saturated rings. The van der Waals surface area contributed by atoms with Crippen molar-refractivity contribution >= 4 is 0 Å². The van der Waals surface area contributed by atoms with Gasteiger partial charge < -0.3 is 5.32 Å². The normalized spacial score (nSPS) is 15.1. The largest absolute Gasteiger partial charge is 0.307 e. The topological polar surface area (TPSA) is 55.6 Å². The van der Waals surface area contributed by atoms with Crippen molar-refractivity contribution in [2.75, 3.05) is 0 Å². The Labute approximate surface area is 120 Å². The number of nitrogens with zero attached hydrogens (tertiary/aromatic N) is 4. The fourth-order valence-electron chi connectivity index (χ4n) is 1.94. The highest BCUT2D eigenvalue weighted by molar-refractivity contribution is 5.35. The summed E-state index contributed by atoms with van der Waals surface area (Å²) in [7, 11) is 0. The van der Waals surface area contributed by atoms with Crippen LogP contribution in [0.2, 0.25) is 0 Å². The molecule has 20 heavy (non-hydrogen) atoms. The van der Waals surface area contributed by atoms with Gasteiger partial charge in [-0.2, -0.15) is 0 Å². The van der Waals surface area contributed by atoms with Crippen LogP contribution in [0.1, 0.15) is 46.2 Å². The van der Waals surface area contributed by atoms with Gasteiger partial charge in [0.05, 0.1) is 5.69 Å². The Morgan fingerprint density at radius 3 is 2.55 bits per heavy atom. The van der Waals surface area contributed by atoms with Gasteiger partial charge in [0.15, 0.2) is 0 Å². The molecule has 108 valence electrons. The molecule has 0 saturated carbocycles. The first-order chi connectivity index (χ1) is 9.38. The fraction of sp³-hybridized carbons (Fsp3) is 0.533. The second kappa shape index (κ2) is 5.71. The minimum absolute atomic E-state index is 0.238. The lowest BCUT2D eigenvalue weighted by molar-refractivity contribution is 0.268. The summed E-state index contributed by atoms with van der Waals surface area (Å²) in [6.07, 6.45) is 1.61. The van der Waals surface area contributed by atoms with Crippen LogP contribution in [0, 0.1) is 5.41 Å². The predicted octanol–water partition coefficient (Wildman–Crippen LogP) is 2.75. The molecule has 2 atom stereocenters. The summed E-state index contributed by atoms with van der Waals surface area (Å²) in [5.41, 5.74) is 2.44. The molecule has 0 saturated heterocycles. The second-order valence-electron chi connectivity index (χ2n) is 6.33. The maximum atomic E-state index is 3.92. The molecule has 0 amide bonds. The van der Waals surface area contributed by atoms with E-state index in [-0.39, 0.29) is 11.5 Å². The van der Waals surface area contributed by atoms with E-state index in [1.807, 2.05) is 12.1 Å². The van der Waals surface area contributed by atoms with Gasteiger partial charge in [0.2, 0.25) is 0 Å². The maximum absolute atomic E-state index is 3.92. The molecule has 2 unspecified atom stereocenters. The number of benzene rings is 1. The summed E-state index contributed by atoms with van der Waals surface area (Å²) in [5, 5.41) is 14.9. The van der Waals surface area contributed by atoms with Crippen LogP contribution in [0.3, 0.4) is 0 Å². The number of hydrogen-bond acceptors (Lipinski definition) is 4. The van der Waals surface area contributed by atoms with Crippen LogP contribution in [0.15, 0.2) is 30.6 Å². The van der Waals surface area contributed by atoms with Crippen LogP contribution in [0.4, 0.5) is 0 Å². The molecule has 2 aromatic rings. The number of tetrazole rings is 1. The molecular weight excluding hydrogens is 250 g/mol. The van der Waals surface area contributed by atoms with Crippen molar-refractivity contribution in [2.24, 2.45) is 5.41 Å². The lowest BCUT2D eigenvalue weighted by Gasteiger charge is -2.31. The van der Waals surface area contributed by atoms with E-state index in [1.54, 1.807) is 11.0 Å². The first kappa shape index (κ1) is 14.7. The summed E-state index contributed by atoms with van der Waals surface area (Å²) in [4.78, 5) is 0. The van der Waals surface area contributed by atoms with Crippen molar-refractivity contribution in [3.05, 3.63) is 36.2 Å². The van der Waals surface area contributed by atoms with E-state index in [0.29, 0.717) is 6.04 Å². The van der Waals surface area contributed by atoms with Crippen LogP contribution in [-0.2, 0) is 0 Å². The molecule has 5 nitrogen and oxygen atoms in total. The number of aromatic nitrogens is 4. The molecule has 1 N–H and O–H groups in total. The molecule has 0 aliphatic heterocycles. The molecular formula is C15H23N5. The van der Waals surface area contributed by atoms with E-state index >= 15 is 0 Å². The quantitative estimate of drug-likeness (QED) is 0.930. The van der Waals surface area contributed by atoms with E-state index in [4.69, 9.17) is 0 Å². The highest BCUT2D eigenvalue weighted by Crippen LogP contribution is 2.23. The average molecular weight is 273 g/mol. The first-order valence-corrected chi connectivity index (χ1v) is 6.97. The highest BCUT2D eigenvalue weighted by Gasteiger charge is 2.21. The first-order valence-electron chi connectivity index (χ1n) is 6.97. The third-order valence-corrected chi connectivity index (χ3v) is 3.78. The molecule has 0 spiro atoms. The number of nitrogens with one attached hydrogen (secondary N) is 1. The molecule has 5 heteroatoms. The smallest absolute Gasteiger partial charge is 0.143 e. The van der Waals surface area contributed by atoms with Crippen LogP contribution >= 0.6 is 0 Å². The zero-order chi connectivity index (χ0) is 14.8. The van der Waals surface area contributed by atoms with Crippen LogP contribution < -0.4 is 5.32 Å². The average Bonchev–Trinajstić information content (AvgIpc) is 2.91. The third kappa shape index (κ3) is 3.42. The van der Waals surface area contributed by atoms with E-state index in [0.717, 1.165) is 5.69 Å².